The Morgan fingerprint density at radius 2 is 1.73 bits per heavy atom. The monoisotopic (exact) mass is 268 g/mol. The number of halogens is 1. The summed E-state index contributed by atoms with van der Waals surface area (Å²) in [6.07, 6.45) is 2.49. The summed E-state index contributed by atoms with van der Waals surface area (Å²) in [5.74, 6) is 1.31. The van der Waals surface area contributed by atoms with Crippen molar-refractivity contribution >= 4 is 15.9 Å². The van der Waals surface area contributed by atoms with Crippen LogP contribution in [0.25, 0.3) is 0 Å². The summed E-state index contributed by atoms with van der Waals surface area (Å²) in [4.78, 5) is 0.602. The van der Waals surface area contributed by atoms with Crippen LogP contribution < -0.4 is 0 Å². The van der Waals surface area contributed by atoms with Gasteiger partial charge in [0.05, 0.1) is 0 Å². The minimum Gasteiger partial charge on any atom is -0.0884 e. The van der Waals surface area contributed by atoms with Crippen LogP contribution in [-0.2, 0) is 0 Å². The SMILES string of the molecule is CCCC(Br)C(c1ccccc1)C(C)C. The van der Waals surface area contributed by atoms with Gasteiger partial charge in [-0.15, -0.1) is 0 Å². The van der Waals surface area contributed by atoms with Crippen molar-refractivity contribution in [3.63, 3.8) is 0 Å². The van der Waals surface area contributed by atoms with E-state index in [0.717, 1.165) is 0 Å². The van der Waals surface area contributed by atoms with Gasteiger partial charge in [0.1, 0.15) is 0 Å². The first kappa shape index (κ1) is 12.8. The molecule has 0 aliphatic heterocycles. The maximum absolute atomic E-state index is 3.84. The van der Waals surface area contributed by atoms with E-state index in [1.165, 1.54) is 18.4 Å². The molecule has 0 saturated carbocycles. The first-order chi connectivity index (χ1) is 7.16. The molecule has 1 aromatic rings. The molecule has 0 aromatic heterocycles. The van der Waals surface area contributed by atoms with E-state index < -0.39 is 0 Å². The minimum absolute atomic E-state index is 0.602. The highest BCUT2D eigenvalue weighted by molar-refractivity contribution is 9.09. The Balaban J connectivity index is 2.83. The molecular weight excluding hydrogens is 248 g/mol. The molecule has 1 aromatic carbocycles. The summed E-state index contributed by atoms with van der Waals surface area (Å²) < 4.78 is 0. The van der Waals surface area contributed by atoms with Crippen molar-refractivity contribution in [2.75, 3.05) is 0 Å². The van der Waals surface area contributed by atoms with Gasteiger partial charge in [-0.1, -0.05) is 73.5 Å². The summed E-state index contributed by atoms with van der Waals surface area (Å²) in [5, 5.41) is 0. The Morgan fingerprint density at radius 3 is 2.20 bits per heavy atom. The van der Waals surface area contributed by atoms with E-state index in [9.17, 15) is 0 Å². The Morgan fingerprint density at radius 1 is 1.13 bits per heavy atom. The molecule has 0 bridgehead atoms. The van der Waals surface area contributed by atoms with Crippen LogP contribution in [0.5, 0.6) is 0 Å². The van der Waals surface area contributed by atoms with Crippen LogP contribution in [0, 0.1) is 5.92 Å². The highest BCUT2D eigenvalue weighted by atomic mass is 79.9. The van der Waals surface area contributed by atoms with Gasteiger partial charge in [-0.25, -0.2) is 0 Å². The van der Waals surface area contributed by atoms with Crippen molar-refractivity contribution in [2.24, 2.45) is 5.92 Å². The van der Waals surface area contributed by atoms with Crippen molar-refractivity contribution in [1.29, 1.82) is 0 Å². The first-order valence-electron chi connectivity index (χ1n) is 5.85. The summed E-state index contributed by atoms with van der Waals surface area (Å²) in [6, 6.07) is 10.8. The third kappa shape index (κ3) is 3.64. The van der Waals surface area contributed by atoms with E-state index in [0.29, 0.717) is 16.7 Å². The third-order valence-corrected chi connectivity index (χ3v) is 3.88. The predicted octanol–water partition coefficient (Wildman–Crippen LogP) is 4.99. The maximum Gasteiger partial charge on any atom is 0.0216 e. The average molecular weight is 269 g/mol. The van der Waals surface area contributed by atoms with Gasteiger partial charge in [0.15, 0.2) is 0 Å². The second kappa shape index (κ2) is 6.32. The highest BCUT2D eigenvalue weighted by Gasteiger charge is 2.22. The Hall–Kier alpha value is -0.300. The molecule has 0 fully saturated rings. The number of alkyl halides is 1. The quantitative estimate of drug-likeness (QED) is 0.660. The van der Waals surface area contributed by atoms with Crippen LogP contribution in [0.1, 0.15) is 45.1 Å². The lowest BCUT2D eigenvalue weighted by Gasteiger charge is -2.26. The van der Waals surface area contributed by atoms with Crippen LogP contribution in [0.15, 0.2) is 30.3 Å². The Labute approximate surface area is 102 Å². The normalized spacial score (nSPS) is 15.3. The first-order valence-corrected chi connectivity index (χ1v) is 6.77. The molecule has 0 nitrogen and oxygen atoms in total. The summed E-state index contributed by atoms with van der Waals surface area (Å²) in [5.41, 5.74) is 1.46. The zero-order valence-corrected chi connectivity index (χ0v) is 11.5. The Kier molecular flexibility index (Phi) is 5.38. The maximum atomic E-state index is 3.84. The van der Waals surface area contributed by atoms with Gasteiger partial charge in [-0.2, -0.15) is 0 Å². The molecule has 15 heavy (non-hydrogen) atoms. The van der Waals surface area contributed by atoms with Crippen molar-refractivity contribution in [3.8, 4) is 0 Å². The molecule has 0 heterocycles. The van der Waals surface area contributed by atoms with Crippen molar-refractivity contribution in [1.82, 2.24) is 0 Å². The molecule has 0 spiro atoms. The summed E-state index contributed by atoms with van der Waals surface area (Å²) in [6.45, 7) is 6.86. The topological polar surface area (TPSA) is 0 Å². The van der Waals surface area contributed by atoms with Crippen molar-refractivity contribution in [3.05, 3.63) is 35.9 Å². The number of hydrogen-bond acceptors (Lipinski definition) is 0. The van der Waals surface area contributed by atoms with E-state index in [2.05, 4.69) is 67.0 Å². The van der Waals surface area contributed by atoms with Gasteiger partial charge in [-0.3, -0.25) is 0 Å². The fourth-order valence-electron chi connectivity index (χ4n) is 2.14. The van der Waals surface area contributed by atoms with E-state index in [1.807, 2.05) is 0 Å². The minimum atomic E-state index is 0.602. The standard InChI is InChI=1S/C14H21Br/c1-4-8-13(15)14(11(2)3)12-9-6-5-7-10-12/h5-7,9-11,13-14H,4,8H2,1-3H3. The van der Waals surface area contributed by atoms with Crippen LogP contribution in [0.4, 0.5) is 0 Å². The zero-order valence-electron chi connectivity index (χ0n) is 9.91. The fraction of sp³-hybridized carbons (Fsp3) is 0.571. The second-order valence-electron chi connectivity index (χ2n) is 4.49. The van der Waals surface area contributed by atoms with Crippen LogP contribution in [0.2, 0.25) is 0 Å². The van der Waals surface area contributed by atoms with Crippen molar-refractivity contribution < 1.29 is 0 Å². The number of hydrogen-bond donors (Lipinski definition) is 0. The van der Waals surface area contributed by atoms with Gasteiger partial charge >= 0.3 is 0 Å². The summed E-state index contributed by atoms with van der Waals surface area (Å²) in [7, 11) is 0. The number of rotatable bonds is 5. The third-order valence-electron chi connectivity index (χ3n) is 2.86. The van der Waals surface area contributed by atoms with E-state index in [1.54, 1.807) is 0 Å². The molecule has 2 atom stereocenters. The van der Waals surface area contributed by atoms with Gasteiger partial charge in [0.25, 0.3) is 0 Å². The summed E-state index contributed by atoms with van der Waals surface area (Å²) >= 11 is 3.84. The van der Waals surface area contributed by atoms with Crippen molar-refractivity contribution in [2.45, 2.75) is 44.4 Å². The van der Waals surface area contributed by atoms with Crippen LogP contribution >= 0.6 is 15.9 Å². The van der Waals surface area contributed by atoms with E-state index in [-0.39, 0.29) is 0 Å². The largest absolute Gasteiger partial charge is 0.0884 e. The van der Waals surface area contributed by atoms with Crippen LogP contribution in [0.3, 0.4) is 0 Å². The second-order valence-corrected chi connectivity index (χ2v) is 5.66. The molecule has 0 aliphatic rings. The fourth-order valence-corrected chi connectivity index (χ4v) is 3.52. The molecular formula is C14H21Br. The molecule has 0 amide bonds. The average Bonchev–Trinajstić information content (AvgIpc) is 2.19. The van der Waals surface area contributed by atoms with E-state index >= 15 is 0 Å². The Bertz CT molecular complexity index is 266. The molecule has 84 valence electrons. The van der Waals surface area contributed by atoms with Gasteiger partial charge in [0, 0.05) is 4.83 Å². The van der Waals surface area contributed by atoms with Gasteiger partial charge < -0.3 is 0 Å². The molecule has 2 unspecified atom stereocenters. The molecule has 0 radical (unpaired) electrons. The molecule has 1 heteroatoms. The van der Waals surface area contributed by atoms with Crippen LogP contribution in [-0.4, -0.2) is 4.83 Å². The van der Waals surface area contributed by atoms with Gasteiger partial charge in [0.2, 0.25) is 0 Å². The lowest BCUT2D eigenvalue weighted by molar-refractivity contribution is 0.469. The molecule has 0 N–H and O–H groups in total. The molecule has 0 saturated heterocycles. The lowest BCUT2D eigenvalue weighted by atomic mass is 9.84. The molecule has 1 rings (SSSR count). The highest BCUT2D eigenvalue weighted by Crippen LogP contribution is 2.34. The molecule has 0 aliphatic carbocycles. The predicted molar refractivity (Wildman–Crippen MR) is 71.6 cm³/mol. The number of benzene rings is 1. The van der Waals surface area contributed by atoms with E-state index in [4.69, 9.17) is 0 Å². The van der Waals surface area contributed by atoms with Gasteiger partial charge in [-0.05, 0) is 23.8 Å². The zero-order chi connectivity index (χ0) is 11.3. The smallest absolute Gasteiger partial charge is 0.0216 e. The lowest BCUT2D eigenvalue weighted by Crippen LogP contribution is -2.18.